The average Bonchev–Trinajstić information content (AvgIpc) is 2.57. The van der Waals surface area contributed by atoms with Gasteiger partial charge in [-0.3, -0.25) is 4.79 Å². The molecule has 0 aromatic carbocycles. The van der Waals surface area contributed by atoms with Crippen LogP contribution in [0.25, 0.3) is 0 Å². The van der Waals surface area contributed by atoms with Gasteiger partial charge in [-0.25, -0.2) is 14.5 Å². The van der Waals surface area contributed by atoms with Crippen LogP contribution in [0.5, 0.6) is 0 Å². The van der Waals surface area contributed by atoms with E-state index in [1.165, 1.54) is 0 Å². The highest BCUT2D eigenvalue weighted by Gasteiger charge is 2.45. The molecule has 1 unspecified atom stereocenters. The number of hydrogen-bond acceptors (Lipinski definition) is 4. The Morgan fingerprint density at radius 3 is 2.53 bits per heavy atom. The Bertz CT molecular complexity index is 429. The quantitative estimate of drug-likeness (QED) is 0.674. The number of carbonyl (C=O) groups is 3. The molecule has 0 bridgehead atoms. The number of ether oxygens (including phenoxy) is 1. The molecule has 2 heterocycles. The summed E-state index contributed by atoms with van der Waals surface area (Å²) in [5.74, 6) is -0.315. The molecule has 19 heavy (non-hydrogen) atoms. The van der Waals surface area contributed by atoms with Gasteiger partial charge in [0.05, 0.1) is 12.0 Å². The zero-order valence-electron chi connectivity index (χ0n) is 11.4. The van der Waals surface area contributed by atoms with Crippen molar-refractivity contribution >= 4 is 18.0 Å². The Morgan fingerprint density at radius 1 is 1.37 bits per heavy atom. The van der Waals surface area contributed by atoms with E-state index in [0.29, 0.717) is 13.0 Å². The van der Waals surface area contributed by atoms with Crippen LogP contribution in [0.15, 0.2) is 0 Å². The van der Waals surface area contributed by atoms with Gasteiger partial charge in [-0.05, 0) is 27.2 Å². The lowest BCUT2D eigenvalue weighted by molar-refractivity contribution is -0.134. The minimum absolute atomic E-state index is 0.116. The predicted molar refractivity (Wildman–Crippen MR) is 66.4 cm³/mol. The Kier molecular flexibility index (Phi) is 3.15. The third-order valence-electron chi connectivity index (χ3n) is 3.18. The SMILES string of the molecule is CC(C)(C)OC(=O)N1CCC2(CNC(=O)N2)CC1=O. The standard InChI is InChI=1S/C12H19N3O4/c1-11(2,3)19-10(18)15-5-4-12(6-8(15)16)7-13-9(17)14-12/h4-7H2,1-3H3,(H2,13,14,17). The first-order valence-corrected chi connectivity index (χ1v) is 6.30. The van der Waals surface area contributed by atoms with Crippen LogP contribution >= 0.6 is 0 Å². The summed E-state index contributed by atoms with van der Waals surface area (Å²) in [5.41, 5.74) is -1.18. The highest BCUT2D eigenvalue weighted by atomic mass is 16.6. The molecule has 4 amide bonds. The van der Waals surface area contributed by atoms with Crippen molar-refractivity contribution in [2.75, 3.05) is 13.1 Å². The van der Waals surface area contributed by atoms with E-state index in [0.717, 1.165) is 4.90 Å². The van der Waals surface area contributed by atoms with E-state index >= 15 is 0 Å². The fraction of sp³-hybridized carbons (Fsp3) is 0.750. The minimum Gasteiger partial charge on any atom is -0.443 e. The number of urea groups is 1. The molecule has 0 saturated carbocycles. The maximum absolute atomic E-state index is 12.0. The van der Waals surface area contributed by atoms with E-state index in [9.17, 15) is 14.4 Å². The maximum Gasteiger partial charge on any atom is 0.417 e. The van der Waals surface area contributed by atoms with Crippen LogP contribution in [-0.4, -0.2) is 47.2 Å². The molecule has 2 N–H and O–H groups in total. The molecule has 2 aliphatic heterocycles. The number of nitrogens with zero attached hydrogens (tertiary/aromatic N) is 1. The molecule has 2 fully saturated rings. The molecule has 7 nitrogen and oxygen atoms in total. The van der Waals surface area contributed by atoms with E-state index in [2.05, 4.69) is 10.6 Å². The van der Waals surface area contributed by atoms with Gasteiger partial charge in [0, 0.05) is 13.1 Å². The fourth-order valence-corrected chi connectivity index (χ4v) is 2.27. The van der Waals surface area contributed by atoms with Gasteiger partial charge in [-0.2, -0.15) is 0 Å². The molecule has 2 aliphatic rings. The van der Waals surface area contributed by atoms with E-state index in [-0.39, 0.29) is 24.9 Å². The van der Waals surface area contributed by atoms with Crippen LogP contribution in [0.4, 0.5) is 9.59 Å². The smallest absolute Gasteiger partial charge is 0.417 e. The van der Waals surface area contributed by atoms with Gasteiger partial charge in [-0.1, -0.05) is 0 Å². The summed E-state index contributed by atoms with van der Waals surface area (Å²) in [7, 11) is 0. The van der Waals surface area contributed by atoms with E-state index in [1.54, 1.807) is 20.8 Å². The summed E-state index contributed by atoms with van der Waals surface area (Å²) in [4.78, 5) is 36.2. The second kappa shape index (κ2) is 4.40. The molecule has 0 aliphatic carbocycles. The third-order valence-corrected chi connectivity index (χ3v) is 3.18. The molecule has 1 spiro atoms. The number of nitrogens with one attached hydrogen (secondary N) is 2. The second-order valence-electron chi connectivity index (χ2n) is 6.04. The van der Waals surface area contributed by atoms with Gasteiger partial charge in [0.25, 0.3) is 0 Å². The molecule has 0 radical (unpaired) electrons. The van der Waals surface area contributed by atoms with Crippen molar-refractivity contribution in [1.82, 2.24) is 15.5 Å². The summed E-state index contributed by atoms with van der Waals surface area (Å²) in [5, 5.41) is 5.40. The molecule has 1 atom stereocenters. The Labute approximate surface area is 111 Å². The van der Waals surface area contributed by atoms with Crippen molar-refractivity contribution in [3.8, 4) is 0 Å². The Hall–Kier alpha value is -1.79. The molecule has 0 aromatic rings. The fourth-order valence-electron chi connectivity index (χ4n) is 2.27. The zero-order valence-corrected chi connectivity index (χ0v) is 11.4. The van der Waals surface area contributed by atoms with Crippen LogP contribution in [0.1, 0.15) is 33.6 Å². The largest absolute Gasteiger partial charge is 0.443 e. The van der Waals surface area contributed by atoms with Crippen molar-refractivity contribution in [1.29, 1.82) is 0 Å². The van der Waals surface area contributed by atoms with Crippen molar-refractivity contribution in [3.05, 3.63) is 0 Å². The van der Waals surface area contributed by atoms with Crippen molar-refractivity contribution < 1.29 is 19.1 Å². The first-order valence-electron chi connectivity index (χ1n) is 6.30. The second-order valence-corrected chi connectivity index (χ2v) is 6.04. The predicted octanol–water partition coefficient (Wildman–Crippen LogP) is 0.596. The lowest BCUT2D eigenvalue weighted by atomic mass is 9.88. The van der Waals surface area contributed by atoms with Crippen LogP contribution in [0.2, 0.25) is 0 Å². The molecular weight excluding hydrogens is 250 g/mol. The van der Waals surface area contributed by atoms with Crippen molar-refractivity contribution in [2.45, 2.75) is 44.8 Å². The average molecular weight is 269 g/mol. The number of carbonyl (C=O) groups excluding carboxylic acids is 3. The van der Waals surface area contributed by atoms with Gasteiger partial charge >= 0.3 is 12.1 Å². The van der Waals surface area contributed by atoms with Crippen LogP contribution in [-0.2, 0) is 9.53 Å². The lowest BCUT2D eigenvalue weighted by Gasteiger charge is -2.37. The molecule has 0 aromatic heterocycles. The number of amides is 4. The number of imide groups is 1. The first-order chi connectivity index (χ1) is 8.71. The number of rotatable bonds is 0. The van der Waals surface area contributed by atoms with Gasteiger partial charge in [0.1, 0.15) is 5.60 Å². The van der Waals surface area contributed by atoms with E-state index in [4.69, 9.17) is 4.74 Å². The lowest BCUT2D eigenvalue weighted by Crippen LogP contribution is -2.56. The zero-order chi connectivity index (χ0) is 14.3. The summed E-state index contributed by atoms with van der Waals surface area (Å²) in [6.45, 7) is 5.93. The Balaban J connectivity index is 1.99. The monoisotopic (exact) mass is 269 g/mol. The van der Waals surface area contributed by atoms with Crippen LogP contribution in [0, 0.1) is 0 Å². The maximum atomic E-state index is 12.0. The van der Waals surface area contributed by atoms with Crippen LogP contribution < -0.4 is 10.6 Å². The number of piperidine rings is 1. The molecule has 2 saturated heterocycles. The molecule has 7 heteroatoms. The first kappa shape index (κ1) is 13.6. The van der Waals surface area contributed by atoms with E-state index < -0.39 is 17.2 Å². The third kappa shape index (κ3) is 2.97. The summed E-state index contributed by atoms with van der Waals surface area (Å²) in [6, 6.07) is -0.265. The molecule has 106 valence electrons. The molecule has 2 rings (SSSR count). The highest BCUT2D eigenvalue weighted by Crippen LogP contribution is 2.26. The topological polar surface area (TPSA) is 87.7 Å². The summed E-state index contributed by atoms with van der Waals surface area (Å²) < 4.78 is 5.18. The molecular formula is C12H19N3O4. The van der Waals surface area contributed by atoms with Crippen molar-refractivity contribution in [2.24, 2.45) is 0 Å². The summed E-state index contributed by atoms with van der Waals surface area (Å²) >= 11 is 0. The van der Waals surface area contributed by atoms with E-state index in [1.807, 2.05) is 0 Å². The Morgan fingerprint density at radius 2 is 2.05 bits per heavy atom. The minimum atomic E-state index is -0.629. The van der Waals surface area contributed by atoms with Gasteiger partial charge in [-0.15, -0.1) is 0 Å². The van der Waals surface area contributed by atoms with Crippen LogP contribution in [0.3, 0.4) is 0 Å². The highest BCUT2D eigenvalue weighted by molar-refractivity contribution is 5.94. The number of hydrogen-bond donors (Lipinski definition) is 2. The van der Waals surface area contributed by atoms with Crippen molar-refractivity contribution in [3.63, 3.8) is 0 Å². The normalized spacial score (nSPS) is 27.2. The number of likely N-dealkylation sites (tertiary alicyclic amines) is 1. The van der Waals surface area contributed by atoms with Gasteiger partial charge in [0.2, 0.25) is 5.91 Å². The summed E-state index contributed by atoms with van der Waals surface area (Å²) in [6.07, 6.45) is 0.0338. The van der Waals surface area contributed by atoms with Gasteiger partial charge < -0.3 is 15.4 Å². The van der Waals surface area contributed by atoms with Gasteiger partial charge in [0.15, 0.2) is 0 Å².